The third-order valence-corrected chi connectivity index (χ3v) is 5.81. The summed E-state index contributed by atoms with van der Waals surface area (Å²) in [5.41, 5.74) is -0.176. The summed E-state index contributed by atoms with van der Waals surface area (Å²) in [5.74, 6) is -0.978. The molecule has 0 unspecified atom stereocenters. The van der Waals surface area contributed by atoms with Crippen molar-refractivity contribution in [2.45, 2.75) is 19.4 Å². The molecule has 1 aromatic carbocycles. The van der Waals surface area contributed by atoms with Gasteiger partial charge in [0.15, 0.2) is 0 Å². The van der Waals surface area contributed by atoms with Crippen LogP contribution in [0.3, 0.4) is 0 Å². The number of amides is 3. The van der Waals surface area contributed by atoms with Gasteiger partial charge < -0.3 is 20.3 Å². The second-order valence-electron chi connectivity index (χ2n) is 6.90. The van der Waals surface area contributed by atoms with Gasteiger partial charge in [-0.25, -0.2) is 0 Å². The van der Waals surface area contributed by atoms with Crippen LogP contribution in [-0.2, 0) is 14.3 Å². The van der Waals surface area contributed by atoms with Crippen LogP contribution in [0.25, 0.3) is 0 Å². The number of carbonyl (C=O) groups excluding carboxylic acids is 3. The Hall–Kier alpha value is -2.13. The van der Waals surface area contributed by atoms with Crippen LogP contribution in [0.1, 0.15) is 23.5 Å². The van der Waals surface area contributed by atoms with Gasteiger partial charge in [0, 0.05) is 12.2 Å². The smallest absolute Gasteiger partial charge is 0.262 e. The molecule has 0 saturated carbocycles. The molecule has 1 saturated heterocycles. The lowest BCUT2D eigenvalue weighted by Gasteiger charge is -2.28. The molecule has 0 atom stereocenters. The minimum absolute atomic E-state index is 0.0121. The Kier molecular flexibility index (Phi) is 6.48. The number of benzene rings is 1. The zero-order chi connectivity index (χ0) is 21.2. The summed E-state index contributed by atoms with van der Waals surface area (Å²) >= 11 is 13.3. The molecule has 0 spiro atoms. The molecular formula is C19H19Cl2N3O4S. The van der Waals surface area contributed by atoms with Crippen LogP contribution in [0, 0.1) is 0 Å². The van der Waals surface area contributed by atoms with Crippen molar-refractivity contribution in [3.8, 4) is 0 Å². The maximum atomic E-state index is 12.7. The predicted octanol–water partition coefficient (Wildman–Crippen LogP) is 3.57. The minimum Gasteiger partial charge on any atom is -0.370 e. The van der Waals surface area contributed by atoms with Crippen molar-refractivity contribution in [2.75, 3.05) is 30.0 Å². The summed E-state index contributed by atoms with van der Waals surface area (Å²) < 4.78 is 5.61. The van der Waals surface area contributed by atoms with E-state index in [-0.39, 0.29) is 18.4 Å². The van der Waals surface area contributed by atoms with E-state index in [1.165, 1.54) is 0 Å². The molecule has 2 N–H and O–H groups in total. The number of nitrogens with one attached hydrogen (secondary N) is 2. The monoisotopic (exact) mass is 455 g/mol. The normalized spacial score (nSPS) is 14.6. The topological polar surface area (TPSA) is 87.7 Å². The molecule has 1 fully saturated rings. The van der Waals surface area contributed by atoms with Crippen LogP contribution in [0.2, 0.25) is 9.36 Å². The van der Waals surface area contributed by atoms with Gasteiger partial charge in [-0.15, -0.1) is 11.3 Å². The first kappa shape index (κ1) is 21.6. The van der Waals surface area contributed by atoms with Crippen molar-refractivity contribution < 1.29 is 19.1 Å². The van der Waals surface area contributed by atoms with Crippen molar-refractivity contribution in [1.82, 2.24) is 5.32 Å². The molecule has 0 aliphatic carbocycles. The second kappa shape index (κ2) is 8.71. The zero-order valence-corrected chi connectivity index (χ0v) is 18.1. The number of morpholine rings is 1. The molecule has 2 heterocycles. The second-order valence-corrected chi connectivity index (χ2v) is 9.02. The number of thiophene rings is 1. The van der Waals surface area contributed by atoms with Crippen LogP contribution in [0.15, 0.2) is 30.3 Å². The van der Waals surface area contributed by atoms with Gasteiger partial charge in [-0.3, -0.25) is 14.4 Å². The fraction of sp³-hybridized carbons (Fsp3) is 0.316. The van der Waals surface area contributed by atoms with Gasteiger partial charge in [0.05, 0.1) is 26.5 Å². The number of hydrogen-bond acceptors (Lipinski definition) is 5. The Balaban J connectivity index is 1.68. The van der Waals surface area contributed by atoms with Crippen LogP contribution < -0.4 is 15.5 Å². The van der Waals surface area contributed by atoms with E-state index in [9.17, 15) is 14.4 Å². The van der Waals surface area contributed by atoms with Gasteiger partial charge >= 0.3 is 0 Å². The first-order valence-electron chi connectivity index (χ1n) is 8.74. The molecule has 1 aliphatic rings. The maximum Gasteiger partial charge on any atom is 0.262 e. The van der Waals surface area contributed by atoms with E-state index in [0.717, 1.165) is 11.3 Å². The van der Waals surface area contributed by atoms with Crippen LogP contribution in [-0.4, -0.2) is 43.0 Å². The number of anilines is 2. The highest BCUT2D eigenvalue weighted by Crippen LogP contribution is 2.30. The van der Waals surface area contributed by atoms with Crippen molar-refractivity contribution in [2.24, 2.45) is 0 Å². The highest BCUT2D eigenvalue weighted by atomic mass is 35.5. The number of carbonyl (C=O) groups is 3. The summed E-state index contributed by atoms with van der Waals surface area (Å²) in [5, 5.41) is 5.75. The maximum absolute atomic E-state index is 12.7. The van der Waals surface area contributed by atoms with E-state index < -0.39 is 11.4 Å². The third-order valence-electron chi connectivity index (χ3n) is 4.27. The van der Waals surface area contributed by atoms with Crippen molar-refractivity contribution in [3.05, 3.63) is 44.6 Å². The average molecular weight is 456 g/mol. The van der Waals surface area contributed by atoms with Crippen molar-refractivity contribution in [1.29, 1.82) is 0 Å². The summed E-state index contributed by atoms with van der Waals surface area (Å²) in [6.07, 6.45) is 0. The van der Waals surface area contributed by atoms with E-state index in [4.69, 9.17) is 27.9 Å². The first-order valence-corrected chi connectivity index (χ1v) is 10.3. The molecule has 154 valence electrons. The molecule has 0 radical (unpaired) electrons. The minimum atomic E-state index is -1.18. The van der Waals surface area contributed by atoms with E-state index in [2.05, 4.69) is 10.6 Å². The number of rotatable bonds is 5. The van der Waals surface area contributed by atoms with E-state index in [1.54, 1.807) is 49.1 Å². The van der Waals surface area contributed by atoms with Gasteiger partial charge in [-0.1, -0.05) is 23.2 Å². The quantitative estimate of drug-likeness (QED) is 0.720. The molecular weight excluding hydrogens is 437 g/mol. The fourth-order valence-corrected chi connectivity index (χ4v) is 3.92. The lowest BCUT2D eigenvalue weighted by molar-refractivity contribution is -0.125. The van der Waals surface area contributed by atoms with Crippen LogP contribution >= 0.6 is 34.5 Å². The van der Waals surface area contributed by atoms with E-state index in [1.807, 2.05) is 0 Å². The summed E-state index contributed by atoms with van der Waals surface area (Å²) in [6.45, 7) is 4.05. The van der Waals surface area contributed by atoms with Crippen LogP contribution in [0.5, 0.6) is 0 Å². The predicted molar refractivity (Wildman–Crippen MR) is 114 cm³/mol. The fourth-order valence-electron chi connectivity index (χ4n) is 2.70. The highest BCUT2D eigenvalue weighted by Gasteiger charge is 2.31. The summed E-state index contributed by atoms with van der Waals surface area (Å²) in [4.78, 5) is 39.0. The molecule has 0 bridgehead atoms. The number of halogens is 2. The van der Waals surface area contributed by atoms with Crippen molar-refractivity contribution in [3.63, 3.8) is 0 Å². The van der Waals surface area contributed by atoms with Gasteiger partial charge in [0.2, 0.25) is 5.91 Å². The number of hydrogen-bond donors (Lipinski definition) is 2. The molecule has 7 nitrogen and oxygen atoms in total. The summed E-state index contributed by atoms with van der Waals surface area (Å²) in [6, 6.07) is 8.10. The molecule has 1 aromatic heterocycles. The molecule has 3 amide bonds. The zero-order valence-electron chi connectivity index (χ0n) is 15.8. The third kappa shape index (κ3) is 5.08. The average Bonchev–Trinajstić information content (AvgIpc) is 3.09. The Bertz CT molecular complexity index is 961. The molecule has 10 heteroatoms. The lowest BCUT2D eigenvalue weighted by Crippen LogP contribution is -2.52. The van der Waals surface area contributed by atoms with E-state index >= 15 is 0 Å². The van der Waals surface area contributed by atoms with Gasteiger partial charge in [0.1, 0.15) is 12.1 Å². The Morgan fingerprint density at radius 3 is 2.59 bits per heavy atom. The Morgan fingerprint density at radius 1 is 1.21 bits per heavy atom. The van der Waals surface area contributed by atoms with Crippen LogP contribution in [0.4, 0.5) is 11.4 Å². The molecule has 1 aliphatic heterocycles. The van der Waals surface area contributed by atoms with Crippen molar-refractivity contribution >= 4 is 63.6 Å². The standard InChI is InChI=1S/C19H19Cl2N3O4S/c1-19(2,23-17(26)14-5-6-15(21)29-14)18(27)22-11-3-4-13(12(20)9-11)24-7-8-28-10-16(24)25/h3-6,9H,7-8,10H2,1-2H3,(H,22,27)(H,23,26). The van der Waals surface area contributed by atoms with Gasteiger partial charge in [-0.05, 0) is 44.2 Å². The lowest BCUT2D eigenvalue weighted by atomic mass is 10.0. The molecule has 2 aromatic rings. The Labute approximate surface area is 181 Å². The highest BCUT2D eigenvalue weighted by molar-refractivity contribution is 7.18. The van der Waals surface area contributed by atoms with E-state index in [0.29, 0.717) is 38.8 Å². The van der Waals surface area contributed by atoms with Gasteiger partial charge in [0.25, 0.3) is 11.8 Å². The molecule has 29 heavy (non-hydrogen) atoms. The van der Waals surface area contributed by atoms with Gasteiger partial charge in [-0.2, -0.15) is 0 Å². The summed E-state index contributed by atoms with van der Waals surface area (Å²) in [7, 11) is 0. The first-order chi connectivity index (χ1) is 13.7. The number of nitrogens with zero attached hydrogens (tertiary/aromatic N) is 1. The Morgan fingerprint density at radius 2 is 1.97 bits per heavy atom. The largest absolute Gasteiger partial charge is 0.370 e. The number of ether oxygens (including phenoxy) is 1. The SMILES string of the molecule is CC(C)(NC(=O)c1ccc(Cl)s1)C(=O)Nc1ccc(N2CCOCC2=O)c(Cl)c1. The molecule has 3 rings (SSSR count).